The van der Waals surface area contributed by atoms with Crippen LogP contribution in [-0.4, -0.2) is 51.0 Å². The van der Waals surface area contributed by atoms with Crippen molar-refractivity contribution in [1.29, 1.82) is 0 Å². The molecule has 7 nitrogen and oxygen atoms in total. The van der Waals surface area contributed by atoms with E-state index in [0.29, 0.717) is 5.39 Å². The van der Waals surface area contributed by atoms with Gasteiger partial charge in [0.15, 0.2) is 9.84 Å². The van der Waals surface area contributed by atoms with Crippen LogP contribution in [0.3, 0.4) is 0 Å². The molecule has 0 radical (unpaired) electrons. The summed E-state index contributed by atoms with van der Waals surface area (Å²) in [7, 11) is 1.70. The minimum absolute atomic E-state index is 0.00672. The van der Waals surface area contributed by atoms with Gasteiger partial charge in [0.1, 0.15) is 4.75 Å². The van der Waals surface area contributed by atoms with Gasteiger partial charge in [0.05, 0.1) is 0 Å². The summed E-state index contributed by atoms with van der Waals surface area (Å²) < 4.78 is 24.3. The Hall–Kier alpha value is -3.13. The second-order valence-corrected chi connectivity index (χ2v) is 10.8. The zero-order chi connectivity index (χ0) is 23.7. The first-order valence-electron chi connectivity index (χ1n) is 10.3. The summed E-state index contributed by atoms with van der Waals surface area (Å²) in [6.07, 6.45) is 2.68. The van der Waals surface area contributed by atoms with E-state index in [4.69, 9.17) is 0 Å². The van der Waals surface area contributed by atoms with Crippen molar-refractivity contribution in [3.8, 4) is 11.1 Å². The van der Waals surface area contributed by atoms with Crippen molar-refractivity contribution in [1.82, 2.24) is 9.88 Å². The van der Waals surface area contributed by atoms with E-state index in [-0.39, 0.29) is 18.5 Å². The average molecular weight is 456 g/mol. The quantitative estimate of drug-likeness (QED) is 0.592. The molecule has 8 heteroatoms. The first-order valence-corrected chi connectivity index (χ1v) is 12.2. The van der Waals surface area contributed by atoms with E-state index >= 15 is 0 Å². The number of aryl methyl sites for hydroxylation is 1. The van der Waals surface area contributed by atoms with E-state index in [9.17, 15) is 18.0 Å². The highest BCUT2D eigenvalue weighted by Crippen LogP contribution is 2.26. The fraction of sp³-hybridized carbons (Fsp3) is 0.333. The van der Waals surface area contributed by atoms with Crippen LogP contribution in [0.1, 0.15) is 13.3 Å². The smallest absolute Gasteiger partial charge is 0.258 e. The zero-order valence-electron chi connectivity index (χ0n) is 19.0. The molecule has 0 unspecified atom stereocenters. The Morgan fingerprint density at radius 3 is 2.25 bits per heavy atom. The first-order chi connectivity index (χ1) is 15.0. The molecule has 1 atom stereocenters. The van der Waals surface area contributed by atoms with Gasteiger partial charge in [0, 0.05) is 51.2 Å². The van der Waals surface area contributed by atoms with Crippen molar-refractivity contribution >= 4 is 32.2 Å². The Kier molecular flexibility index (Phi) is 6.46. The predicted octanol–water partition coefficient (Wildman–Crippen LogP) is 2.67. The van der Waals surface area contributed by atoms with Gasteiger partial charge < -0.3 is 14.8 Å². The summed E-state index contributed by atoms with van der Waals surface area (Å²) in [6, 6.07) is 15.7. The highest BCUT2D eigenvalue weighted by Gasteiger charge is 2.42. The molecule has 0 bridgehead atoms. The van der Waals surface area contributed by atoms with Crippen LogP contribution in [0, 0.1) is 0 Å². The number of benzene rings is 2. The van der Waals surface area contributed by atoms with Crippen LogP contribution in [0.15, 0.2) is 59.5 Å². The molecule has 32 heavy (non-hydrogen) atoms. The van der Waals surface area contributed by atoms with Crippen molar-refractivity contribution in [3.63, 3.8) is 0 Å². The van der Waals surface area contributed by atoms with Crippen molar-refractivity contribution in [3.05, 3.63) is 65.1 Å². The number of amides is 1. The number of rotatable bonds is 7. The molecule has 2 aromatic carbocycles. The molecule has 1 aromatic heterocycles. The molecule has 3 aromatic rings. The summed E-state index contributed by atoms with van der Waals surface area (Å²) in [5, 5.41) is 3.76. The number of nitrogens with one attached hydrogen (secondary N) is 1. The standard InChI is InChI=1S/C24H29N3O4S/c1-24(23(29)25-2,32(5,30)31)13-15-27-14-12-19-16-18(8-11-21(19)22(27)28)17-6-9-20(10-7-17)26(3)4/h6-12,14,16H,13,15H2,1-5H3,(H,25,29)/t24-/m1/s1. The van der Waals surface area contributed by atoms with Gasteiger partial charge in [-0.05, 0) is 60.2 Å². The molecular formula is C24H29N3O4S. The summed E-state index contributed by atoms with van der Waals surface area (Å²) >= 11 is 0. The highest BCUT2D eigenvalue weighted by atomic mass is 32.2. The number of sulfone groups is 1. The van der Waals surface area contributed by atoms with Gasteiger partial charge in [-0.15, -0.1) is 0 Å². The van der Waals surface area contributed by atoms with Crippen LogP contribution in [0.5, 0.6) is 0 Å². The number of hydrogen-bond acceptors (Lipinski definition) is 5. The number of hydrogen-bond donors (Lipinski definition) is 1. The highest BCUT2D eigenvalue weighted by molar-refractivity contribution is 7.92. The number of aromatic nitrogens is 1. The Morgan fingerprint density at radius 1 is 1.06 bits per heavy atom. The molecule has 0 spiro atoms. The number of nitrogens with zero attached hydrogens (tertiary/aromatic N) is 2. The molecule has 0 fully saturated rings. The molecule has 0 aliphatic heterocycles. The largest absolute Gasteiger partial charge is 0.378 e. The Morgan fingerprint density at radius 2 is 1.69 bits per heavy atom. The number of anilines is 1. The molecule has 0 saturated heterocycles. The normalized spacial score (nSPS) is 13.5. The van der Waals surface area contributed by atoms with Gasteiger partial charge in [0.2, 0.25) is 5.91 Å². The number of carbonyl (C=O) groups is 1. The third kappa shape index (κ3) is 4.41. The predicted molar refractivity (Wildman–Crippen MR) is 130 cm³/mol. The summed E-state index contributed by atoms with van der Waals surface area (Å²) in [4.78, 5) is 27.3. The molecule has 1 amide bonds. The molecule has 0 aliphatic rings. The van der Waals surface area contributed by atoms with Crippen molar-refractivity contribution in [2.45, 2.75) is 24.6 Å². The minimum Gasteiger partial charge on any atom is -0.378 e. The number of pyridine rings is 1. The van der Waals surface area contributed by atoms with Crippen LogP contribution in [-0.2, 0) is 21.2 Å². The van der Waals surface area contributed by atoms with Crippen molar-refractivity contribution < 1.29 is 13.2 Å². The monoisotopic (exact) mass is 455 g/mol. The van der Waals surface area contributed by atoms with E-state index < -0.39 is 20.5 Å². The third-order valence-corrected chi connectivity index (χ3v) is 8.08. The lowest BCUT2D eigenvalue weighted by atomic mass is 10.0. The van der Waals surface area contributed by atoms with Crippen LogP contribution >= 0.6 is 0 Å². The fourth-order valence-corrected chi connectivity index (χ4v) is 4.56. The van der Waals surface area contributed by atoms with E-state index in [1.165, 1.54) is 18.5 Å². The second kappa shape index (κ2) is 8.78. The lowest BCUT2D eigenvalue weighted by molar-refractivity contribution is -0.123. The molecule has 1 N–H and O–H groups in total. The van der Waals surface area contributed by atoms with Gasteiger partial charge in [-0.1, -0.05) is 18.2 Å². The molecule has 170 valence electrons. The summed E-state index contributed by atoms with van der Waals surface area (Å²) in [5.74, 6) is -0.584. The van der Waals surface area contributed by atoms with Crippen LogP contribution < -0.4 is 15.8 Å². The first kappa shape index (κ1) is 23.5. The second-order valence-electron chi connectivity index (χ2n) is 8.39. The summed E-state index contributed by atoms with van der Waals surface area (Å²) in [6.45, 7) is 1.50. The topological polar surface area (TPSA) is 88.5 Å². The van der Waals surface area contributed by atoms with Crippen LogP contribution in [0.25, 0.3) is 21.9 Å². The number of carbonyl (C=O) groups excluding carboxylic acids is 1. The van der Waals surface area contributed by atoms with Gasteiger partial charge in [-0.2, -0.15) is 0 Å². The van der Waals surface area contributed by atoms with Gasteiger partial charge >= 0.3 is 0 Å². The molecule has 3 rings (SSSR count). The maximum Gasteiger partial charge on any atom is 0.258 e. The fourth-order valence-electron chi connectivity index (χ4n) is 3.66. The Balaban J connectivity index is 1.92. The zero-order valence-corrected chi connectivity index (χ0v) is 19.9. The minimum atomic E-state index is -3.68. The van der Waals surface area contributed by atoms with Gasteiger partial charge in [-0.3, -0.25) is 9.59 Å². The SMILES string of the molecule is CNC(=O)[C@@](C)(CCn1ccc2cc(-c3ccc(N(C)C)cc3)ccc2c1=O)S(C)(=O)=O. The van der Waals surface area contributed by atoms with E-state index in [1.807, 2.05) is 61.5 Å². The van der Waals surface area contributed by atoms with Crippen LogP contribution in [0.2, 0.25) is 0 Å². The lowest BCUT2D eigenvalue weighted by Crippen LogP contribution is -2.49. The Labute approximate surface area is 188 Å². The van der Waals surface area contributed by atoms with Crippen molar-refractivity contribution in [2.75, 3.05) is 32.3 Å². The van der Waals surface area contributed by atoms with E-state index in [2.05, 4.69) is 5.32 Å². The van der Waals surface area contributed by atoms with E-state index in [1.54, 1.807) is 12.3 Å². The molecular weight excluding hydrogens is 426 g/mol. The van der Waals surface area contributed by atoms with Crippen molar-refractivity contribution in [2.24, 2.45) is 0 Å². The lowest BCUT2D eigenvalue weighted by Gasteiger charge is -2.26. The maximum atomic E-state index is 13.0. The summed E-state index contributed by atoms with van der Waals surface area (Å²) in [5.41, 5.74) is 2.94. The van der Waals surface area contributed by atoms with Gasteiger partial charge in [-0.25, -0.2) is 8.42 Å². The molecule has 0 aliphatic carbocycles. The third-order valence-electron chi connectivity index (χ3n) is 6.05. The Bertz CT molecular complexity index is 1310. The molecule has 1 heterocycles. The maximum absolute atomic E-state index is 13.0. The average Bonchev–Trinajstić information content (AvgIpc) is 2.76. The van der Waals surface area contributed by atoms with Crippen LogP contribution in [0.4, 0.5) is 5.69 Å². The van der Waals surface area contributed by atoms with Gasteiger partial charge in [0.25, 0.3) is 5.56 Å². The van der Waals surface area contributed by atoms with E-state index in [0.717, 1.165) is 28.5 Å². The number of fused-ring (bicyclic) bond motifs is 1. The molecule has 0 saturated carbocycles.